The van der Waals surface area contributed by atoms with Crippen molar-refractivity contribution in [1.82, 2.24) is 20.0 Å². The summed E-state index contributed by atoms with van der Waals surface area (Å²) in [5, 5.41) is 3.23. The van der Waals surface area contributed by atoms with E-state index in [0.29, 0.717) is 58.8 Å². The number of halogens is 3. The smallest absolute Gasteiger partial charge is 0.368 e. The number of nitrogens with zero attached hydrogens (tertiary/aromatic N) is 4. The lowest BCUT2D eigenvalue weighted by Crippen LogP contribution is -2.55. The molecule has 162 valence electrons. The minimum absolute atomic E-state index is 0.0757. The van der Waals surface area contributed by atoms with Gasteiger partial charge >= 0.3 is 6.18 Å². The summed E-state index contributed by atoms with van der Waals surface area (Å²) in [6.07, 6.45) is -2.17. The maximum Gasteiger partial charge on any atom is 0.401 e. The summed E-state index contributed by atoms with van der Waals surface area (Å²) in [6, 6.07) is 0. The van der Waals surface area contributed by atoms with Crippen LogP contribution in [-0.4, -0.2) is 105 Å². The van der Waals surface area contributed by atoms with Crippen molar-refractivity contribution >= 4 is 11.9 Å². The highest BCUT2D eigenvalue weighted by molar-refractivity contribution is 5.82. The summed E-state index contributed by atoms with van der Waals surface area (Å²) in [5.74, 6) is 0.831. The van der Waals surface area contributed by atoms with Gasteiger partial charge in [0.05, 0.1) is 6.54 Å². The Morgan fingerprint density at radius 1 is 1.25 bits per heavy atom. The number of alkyl halides is 3. The first kappa shape index (κ1) is 22.7. The molecule has 2 rings (SSSR count). The van der Waals surface area contributed by atoms with Crippen LogP contribution in [0.2, 0.25) is 0 Å². The van der Waals surface area contributed by atoms with Gasteiger partial charge in [0.2, 0.25) is 0 Å². The minimum atomic E-state index is -4.17. The number of nitrogens with one attached hydrogen (secondary N) is 1. The molecule has 0 aromatic rings. The van der Waals surface area contributed by atoms with Gasteiger partial charge in [-0.15, -0.1) is 0 Å². The zero-order valence-electron chi connectivity index (χ0n) is 16.8. The van der Waals surface area contributed by atoms with E-state index in [-0.39, 0.29) is 12.0 Å². The summed E-state index contributed by atoms with van der Waals surface area (Å²) < 4.78 is 42.5. The average Bonchev–Trinajstić information content (AvgIpc) is 3.17. The molecule has 0 saturated carbocycles. The summed E-state index contributed by atoms with van der Waals surface area (Å²) in [6.45, 7) is 5.84. The number of hydrogen-bond donors (Lipinski definition) is 1. The molecule has 1 atom stereocenters. The van der Waals surface area contributed by atoms with Crippen LogP contribution in [0.5, 0.6) is 0 Å². The fourth-order valence-corrected chi connectivity index (χ4v) is 3.45. The topological polar surface area (TPSA) is 60.4 Å². The minimum Gasteiger partial charge on any atom is -0.368 e. The molecule has 2 saturated heterocycles. The molecule has 1 amide bonds. The lowest BCUT2D eigenvalue weighted by molar-refractivity contribution is -0.143. The molecule has 0 bridgehead atoms. The first-order valence-electron chi connectivity index (χ1n) is 9.99. The number of guanidine groups is 1. The van der Waals surface area contributed by atoms with Crippen molar-refractivity contribution in [2.24, 2.45) is 4.99 Å². The highest BCUT2D eigenvalue weighted by Gasteiger charge is 2.31. The summed E-state index contributed by atoms with van der Waals surface area (Å²) in [4.78, 5) is 22.2. The van der Waals surface area contributed by atoms with Crippen molar-refractivity contribution in [3.05, 3.63) is 0 Å². The van der Waals surface area contributed by atoms with E-state index in [1.165, 1.54) is 11.9 Å². The van der Waals surface area contributed by atoms with Gasteiger partial charge in [-0.25, -0.2) is 0 Å². The normalized spacial score (nSPS) is 21.5. The SMILES string of the molecule is CCNC(=NCCCN(C)CC(F)(F)F)N1CCN(C(=O)C2CCCO2)CC1. The first-order valence-corrected chi connectivity index (χ1v) is 9.99. The van der Waals surface area contributed by atoms with Crippen LogP contribution in [0.4, 0.5) is 13.2 Å². The molecule has 0 aromatic heterocycles. The first-order chi connectivity index (χ1) is 13.3. The molecule has 0 radical (unpaired) electrons. The van der Waals surface area contributed by atoms with Crippen LogP contribution in [0.1, 0.15) is 26.2 Å². The van der Waals surface area contributed by atoms with Gasteiger partial charge in [-0.2, -0.15) is 13.2 Å². The molecule has 2 fully saturated rings. The summed E-state index contributed by atoms with van der Waals surface area (Å²) >= 11 is 0. The average molecular weight is 407 g/mol. The Hall–Kier alpha value is -1.55. The Kier molecular flexibility index (Phi) is 8.81. The number of amides is 1. The molecule has 7 nitrogen and oxygen atoms in total. The van der Waals surface area contributed by atoms with Gasteiger partial charge in [-0.3, -0.25) is 14.7 Å². The molecule has 1 unspecified atom stereocenters. The van der Waals surface area contributed by atoms with Gasteiger partial charge in [0.15, 0.2) is 5.96 Å². The number of carbonyl (C=O) groups excluding carboxylic acids is 1. The molecule has 28 heavy (non-hydrogen) atoms. The van der Waals surface area contributed by atoms with Gasteiger partial charge in [0.25, 0.3) is 5.91 Å². The van der Waals surface area contributed by atoms with Crippen LogP contribution < -0.4 is 5.32 Å². The fraction of sp³-hybridized carbons (Fsp3) is 0.889. The highest BCUT2D eigenvalue weighted by atomic mass is 19.4. The number of hydrogen-bond acceptors (Lipinski definition) is 4. The molecule has 2 aliphatic rings. The van der Waals surface area contributed by atoms with Crippen molar-refractivity contribution in [1.29, 1.82) is 0 Å². The quantitative estimate of drug-likeness (QED) is 0.390. The lowest BCUT2D eigenvalue weighted by atomic mass is 10.2. The van der Waals surface area contributed by atoms with Crippen LogP contribution in [0.25, 0.3) is 0 Å². The fourth-order valence-electron chi connectivity index (χ4n) is 3.45. The van der Waals surface area contributed by atoms with Gasteiger partial charge in [0, 0.05) is 45.9 Å². The number of ether oxygens (including phenoxy) is 1. The second kappa shape index (κ2) is 10.8. The van der Waals surface area contributed by atoms with Crippen LogP contribution in [0, 0.1) is 0 Å². The van der Waals surface area contributed by atoms with E-state index in [2.05, 4.69) is 15.2 Å². The molecule has 2 heterocycles. The van der Waals surface area contributed by atoms with Crippen molar-refractivity contribution < 1.29 is 22.7 Å². The van der Waals surface area contributed by atoms with E-state index >= 15 is 0 Å². The molecule has 2 aliphatic heterocycles. The van der Waals surface area contributed by atoms with Crippen LogP contribution in [-0.2, 0) is 9.53 Å². The molecular weight excluding hydrogens is 375 g/mol. The van der Waals surface area contributed by atoms with Crippen molar-refractivity contribution in [2.75, 3.05) is 66.0 Å². The zero-order valence-corrected chi connectivity index (χ0v) is 16.8. The molecular formula is C18H32F3N5O2. The van der Waals surface area contributed by atoms with E-state index in [1.54, 1.807) is 0 Å². The number of rotatable bonds is 7. The van der Waals surface area contributed by atoms with Crippen molar-refractivity contribution in [3.63, 3.8) is 0 Å². The zero-order chi connectivity index (χ0) is 20.6. The summed E-state index contributed by atoms with van der Waals surface area (Å²) in [5.41, 5.74) is 0. The molecule has 10 heteroatoms. The second-order valence-corrected chi connectivity index (χ2v) is 7.26. The standard InChI is InChI=1S/C18H32F3N5O2/c1-3-22-17(23-7-5-8-24(2)14-18(19,20)21)26-11-9-25(10-12-26)16(27)15-6-4-13-28-15/h15H,3-14H2,1-2H3,(H,22,23). The van der Waals surface area contributed by atoms with E-state index in [1.807, 2.05) is 11.8 Å². The van der Waals surface area contributed by atoms with Gasteiger partial charge in [0.1, 0.15) is 6.10 Å². The van der Waals surface area contributed by atoms with E-state index in [4.69, 9.17) is 4.74 Å². The Morgan fingerprint density at radius 3 is 2.50 bits per heavy atom. The van der Waals surface area contributed by atoms with Crippen molar-refractivity contribution in [2.45, 2.75) is 38.5 Å². The van der Waals surface area contributed by atoms with Crippen LogP contribution in [0.3, 0.4) is 0 Å². The third kappa shape index (κ3) is 7.46. The largest absolute Gasteiger partial charge is 0.401 e. The monoisotopic (exact) mass is 407 g/mol. The molecule has 0 spiro atoms. The Morgan fingerprint density at radius 2 is 1.93 bits per heavy atom. The highest BCUT2D eigenvalue weighted by Crippen LogP contribution is 2.16. The van der Waals surface area contributed by atoms with E-state index in [0.717, 1.165) is 18.8 Å². The maximum absolute atomic E-state index is 12.4. The lowest BCUT2D eigenvalue weighted by Gasteiger charge is -2.37. The number of piperazine rings is 1. The Labute approximate surface area is 164 Å². The molecule has 0 aromatic carbocycles. The predicted octanol–water partition coefficient (Wildman–Crippen LogP) is 1.16. The predicted molar refractivity (Wildman–Crippen MR) is 101 cm³/mol. The third-order valence-corrected chi connectivity index (χ3v) is 4.84. The van der Waals surface area contributed by atoms with Gasteiger partial charge in [-0.05, 0) is 39.8 Å². The maximum atomic E-state index is 12.4. The second-order valence-electron chi connectivity index (χ2n) is 7.26. The Balaban J connectivity index is 1.77. The van der Waals surface area contributed by atoms with Crippen LogP contribution in [0.15, 0.2) is 4.99 Å². The van der Waals surface area contributed by atoms with E-state index in [9.17, 15) is 18.0 Å². The number of carbonyl (C=O) groups is 1. The van der Waals surface area contributed by atoms with Gasteiger partial charge in [-0.1, -0.05) is 0 Å². The van der Waals surface area contributed by atoms with Gasteiger partial charge < -0.3 is 19.9 Å². The summed E-state index contributed by atoms with van der Waals surface area (Å²) in [7, 11) is 1.46. The number of aliphatic imine (C=N–C) groups is 1. The molecule has 0 aliphatic carbocycles. The third-order valence-electron chi connectivity index (χ3n) is 4.84. The van der Waals surface area contributed by atoms with Crippen LogP contribution >= 0.6 is 0 Å². The van der Waals surface area contributed by atoms with Crippen molar-refractivity contribution in [3.8, 4) is 0 Å². The molecule has 1 N–H and O–H groups in total. The Bertz CT molecular complexity index is 516. The van der Waals surface area contributed by atoms with E-state index < -0.39 is 12.7 Å².